The zero-order valence-electron chi connectivity index (χ0n) is 8.99. The summed E-state index contributed by atoms with van der Waals surface area (Å²) in [6, 6.07) is 7.78. The first kappa shape index (κ1) is 10.5. The van der Waals surface area contributed by atoms with Crippen LogP contribution in [0.15, 0.2) is 27.4 Å². The molecule has 4 nitrogen and oxygen atoms in total. The zero-order valence-corrected chi connectivity index (χ0v) is 8.99. The standard InChI is InChI=1S/C12H12N2O2/c1-2-8(7-13)5-9-3-4-10-11(6-9)16-12(15)14-10/h3-4,6,8H,2,5H2,1H3,(H,14,15). The second kappa shape index (κ2) is 4.23. The Morgan fingerprint density at radius 1 is 1.56 bits per heavy atom. The second-order valence-electron chi connectivity index (χ2n) is 3.78. The summed E-state index contributed by atoms with van der Waals surface area (Å²) in [7, 11) is 0. The number of nitriles is 1. The summed E-state index contributed by atoms with van der Waals surface area (Å²) >= 11 is 0. The van der Waals surface area contributed by atoms with Gasteiger partial charge in [-0.1, -0.05) is 13.0 Å². The van der Waals surface area contributed by atoms with E-state index in [1.807, 2.05) is 19.1 Å². The lowest BCUT2D eigenvalue weighted by molar-refractivity contribution is 0.554. The van der Waals surface area contributed by atoms with Gasteiger partial charge in [-0.3, -0.25) is 4.98 Å². The van der Waals surface area contributed by atoms with Gasteiger partial charge in [0.1, 0.15) is 0 Å². The highest BCUT2D eigenvalue weighted by Crippen LogP contribution is 2.16. The molecule has 0 fully saturated rings. The molecule has 1 atom stereocenters. The van der Waals surface area contributed by atoms with Crippen LogP contribution in [0.2, 0.25) is 0 Å². The van der Waals surface area contributed by atoms with E-state index in [0.29, 0.717) is 17.5 Å². The van der Waals surface area contributed by atoms with Crippen molar-refractivity contribution in [2.75, 3.05) is 0 Å². The first-order chi connectivity index (χ1) is 7.72. The van der Waals surface area contributed by atoms with Crippen LogP contribution in [0.3, 0.4) is 0 Å². The van der Waals surface area contributed by atoms with Crippen LogP contribution in [0.4, 0.5) is 0 Å². The van der Waals surface area contributed by atoms with Crippen LogP contribution >= 0.6 is 0 Å². The minimum absolute atomic E-state index is 0.0168. The highest BCUT2D eigenvalue weighted by Gasteiger charge is 2.08. The van der Waals surface area contributed by atoms with Gasteiger partial charge in [-0.2, -0.15) is 5.26 Å². The SMILES string of the molecule is CCC(C#N)Cc1ccc2[nH]c(=O)oc2c1. The fourth-order valence-electron chi connectivity index (χ4n) is 1.68. The minimum Gasteiger partial charge on any atom is -0.408 e. The van der Waals surface area contributed by atoms with E-state index in [0.717, 1.165) is 12.0 Å². The molecule has 0 saturated carbocycles. The molecule has 0 aliphatic heterocycles. The van der Waals surface area contributed by atoms with Crippen molar-refractivity contribution in [3.8, 4) is 6.07 Å². The number of aromatic amines is 1. The first-order valence-corrected chi connectivity index (χ1v) is 5.24. The normalized spacial score (nSPS) is 12.5. The van der Waals surface area contributed by atoms with Crippen LogP contribution in [0.25, 0.3) is 11.1 Å². The quantitative estimate of drug-likeness (QED) is 0.855. The van der Waals surface area contributed by atoms with Crippen LogP contribution in [0, 0.1) is 17.2 Å². The Morgan fingerprint density at radius 3 is 3.06 bits per heavy atom. The molecule has 82 valence electrons. The molecule has 0 spiro atoms. The largest absolute Gasteiger partial charge is 0.417 e. The molecule has 0 radical (unpaired) electrons. The molecule has 1 aromatic heterocycles. The molecule has 1 N–H and O–H groups in total. The van der Waals surface area contributed by atoms with E-state index in [9.17, 15) is 4.79 Å². The average molecular weight is 216 g/mol. The third kappa shape index (κ3) is 1.98. The van der Waals surface area contributed by atoms with Crippen molar-refractivity contribution < 1.29 is 4.42 Å². The van der Waals surface area contributed by atoms with Gasteiger partial charge < -0.3 is 4.42 Å². The molecular formula is C12H12N2O2. The molecule has 16 heavy (non-hydrogen) atoms. The summed E-state index contributed by atoms with van der Waals surface area (Å²) in [6.07, 6.45) is 1.52. The van der Waals surface area contributed by atoms with Crippen LogP contribution in [-0.2, 0) is 6.42 Å². The highest BCUT2D eigenvalue weighted by molar-refractivity contribution is 5.72. The van der Waals surface area contributed by atoms with Gasteiger partial charge in [-0.15, -0.1) is 0 Å². The average Bonchev–Trinajstić information content (AvgIpc) is 2.65. The summed E-state index contributed by atoms with van der Waals surface area (Å²) in [5.74, 6) is -0.428. The van der Waals surface area contributed by atoms with Gasteiger partial charge in [0.15, 0.2) is 5.58 Å². The Balaban J connectivity index is 2.32. The van der Waals surface area contributed by atoms with Crippen molar-refractivity contribution in [2.24, 2.45) is 5.92 Å². The van der Waals surface area contributed by atoms with Crippen molar-refractivity contribution >= 4 is 11.1 Å². The molecule has 0 amide bonds. The fourth-order valence-corrected chi connectivity index (χ4v) is 1.68. The maximum Gasteiger partial charge on any atom is 0.417 e. The smallest absolute Gasteiger partial charge is 0.408 e. The zero-order chi connectivity index (χ0) is 11.5. The number of oxazole rings is 1. The van der Waals surface area contributed by atoms with Crippen molar-refractivity contribution in [3.05, 3.63) is 34.3 Å². The monoisotopic (exact) mass is 216 g/mol. The van der Waals surface area contributed by atoms with Gasteiger partial charge in [-0.05, 0) is 30.5 Å². The maximum atomic E-state index is 11.0. The van der Waals surface area contributed by atoms with Crippen molar-refractivity contribution in [1.82, 2.24) is 4.98 Å². The molecule has 0 aliphatic carbocycles. The molecule has 0 aliphatic rings. The van der Waals surface area contributed by atoms with Gasteiger partial charge in [0.05, 0.1) is 17.5 Å². The second-order valence-corrected chi connectivity index (χ2v) is 3.78. The van der Waals surface area contributed by atoms with Gasteiger partial charge >= 0.3 is 5.76 Å². The molecule has 2 aromatic rings. The Bertz CT molecular complexity index is 589. The van der Waals surface area contributed by atoms with E-state index in [1.54, 1.807) is 6.07 Å². The van der Waals surface area contributed by atoms with Crippen molar-refractivity contribution in [2.45, 2.75) is 19.8 Å². The van der Waals surface area contributed by atoms with Gasteiger partial charge in [-0.25, -0.2) is 4.79 Å². The summed E-state index contributed by atoms with van der Waals surface area (Å²) in [6.45, 7) is 1.99. The van der Waals surface area contributed by atoms with Crippen LogP contribution in [0.1, 0.15) is 18.9 Å². The van der Waals surface area contributed by atoms with E-state index >= 15 is 0 Å². The Labute approximate surface area is 92.5 Å². The summed E-state index contributed by atoms with van der Waals surface area (Å²) in [5, 5.41) is 8.88. The molecular weight excluding hydrogens is 204 g/mol. The third-order valence-electron chi connectivity index (χ3n) is 2.64. The number of aromatic nitrogens is 1. The Hall–Kier alpha value is -2.02. The number of nitrogens with zero attached hydrogens (tertiary/aromatic N) is 1. The maximum absolute atomic E-state index is 11.0. The number of benzene rings is 1. The third-order valence-corrected chi connectivity index (χ3v) is 2.64. The summed E-state index contributed by atoms with van der Waals surface area (Å²) in [4.78, 5) is 13.5. The number of hydrogen-bond donors (Lipinski definition) is 1. The molecule has 0 bridgehead atoms. The molecule has 1 heterocycles. The molecule has 1 aromatic carbocycles. The summed E-state index contributed by atoms with van der Waals surface area (Å²) in [5.41, 5.74) is 2.26. The van der Waals surface area contributed by atoms with Crippen molar-refractivity contribution in [1.29, 1.82) is 5.26 Å². The lowest BCUT2D eigenvalue weighted by Gasteiger charge is -2.04. The van der Waals surface area contributed by atoms with Crippen LogP contribution < -0.4 is 5.76 Å². The number of nitrogens with one attached hydrogen (secondary N) is 1. The number of rotatable bonds is 3. The van der Waals surface area contributed by atoms with E-state index in [2.05, 4.69) is 11.1 Å². The predicted octanol–water partition coefficient (Wildman–Crippen LogP) is 2.21. The lowest BCUT2D eigenvalue weighted by Crippen LogP contribution is -1.99. The fraction of sp³-hybridized carbons (Fsp3) is 0.333. The van der Waals surface area contributed by atoms with Gasteiger partial charge in [0.2, 0.25) is 0 Å². The predicted molar refractivity (Wildman–Crippen MR) is 59.9 cm³/mol. The van der Waals surface area contributed by atoms with E-state index in [-0.39, 0.29) is 5.92 Å². The van der Waals surface area contributed by atoms with Crippen LogP contribution in [-0.4, -0.2) is 4.98 Å². The molecule has 4 heteroatoms. The number of hydrogen-bond acceptors (Lipinski definition) is 3. The highest BCUT2D eigenvalue weighted by atomic mass is 16.4. The van der Waals surface area contributed by atoms with Gasteiger partial charge in [0, 0.05) is 0 Å². The molecule has 2 rings (SSSR count). The summed E-state index contributed by atoms with van der Waals surface area (Å²) < 4.78 is 4.96. The minimum atomic E-state index is -0.445. The first-order valence-electron chi connectivity index (χ1n) is 5.24. The lowest BCUT2D eigenvalue weighted by atomic mass is 9.98. The Kier molecular flexibility index (Phi) is 2.78. The Morgan fingerprint density at radius 2 is 2.38 bits per heavy atom. The number of H-pyrrole nitrogens is 1. The van der Waals surface area contributed by atoms with E-state index < -0.39 is 5.76 Å². The van der Waals surface area contributed by atoms with Crippen molar-refractivity contribution in [3.63, 3.8) is 0 Å². The van der Waals surface area contributed by atoms with Gasteiger partial charge in [0.25, 0.3) is 0 Å². The van der Waals surface area contributed by atoms with E-state index in [1.165, 1.54) is 0 Å². The molecule has 0 saturated heterocycles. The van der Waals surface area contributed by atoms with E-state index in [4.69, 9.17) is 9.68 Å². The number of fused-ring (bicyclic) bond motifs is 1. The topological polar surface area (TPSA) is 69.8 Å². The molecule has 1 unspecified atom stereocenters. The van der Waals surface area contributed by atoms with Crippen LogP contribution in [0.5, 0.6) is 0 Å².